The zero-order chi connectivity index (χ0) is 12.5. The smallest absolute Gasteiger partial charge is 0.0595 e. The molecule has 2 unspecified atom stereocenters. The number of piperidine rings is 1. The molecule has 0 amide bonds. The molecule has 1 saturated carbocycles. The fraction of sp³-hybridized carbons (Fsp3) is 1.00. The van der Waals surface area contributed by atoms with Gasteiger partial charge in [0, 0.05) is 32.3 Å². The fourth-order valence-corrected chi connectivity index (χ4v) is 3.78. The Labute approximate surface area is 106 Å². The van der Waals surface area contributed by atoms with Crippen molar-refractivity contribution in [3.63, 3.8) is 0 Å². The van der Waals surface area contributed by atoms with Gasteiger partial charge in [0.15, 0.2) is 0 Å². The maximum absolute atomic E-state index is 5.45. The van der Waals surface area contributed by atoms with Gasteiger partial charge >= 0.3 is 0 Å². The predicted molar refractivity (Wildman–Crippen MR) is 71.3 cm³/mol. The minimum Gasteiger partial charge on any atom is -0.381 e. The Morgan fingerprint density at radius 2 is 1.82 bits per heavy atom. The van der Waals surface area contributed by atoms with Crippen LogP contribution in [0.2, 0.25) is 0 Å². The Morgan fingerprint density at radius 1 is 1.18 bits per heavy atom. The minimum atomic E-state index is 0.442. The molecule has 0 bridgehead atoms. The molecule has 3 heteroatoms. The van der Waals surface area contributed by atoms with Crippen molar-refractivity contribution in [1.82, 2.24) is 10.2 Å². The van der Waals surface area contributed by atoms with Crippen LogP contribution in [-0.4, -0.2) is 50.3 Å². The lowest BCUT2D eigenvalue weighted by molar-refractivity contribution is 0.0212. The molecule has 0 radical (unpaired) electrons. The van der Waals surface area contributed by atoms with E-state index in [-0.39, 0.29) is 0 Å². The van der Waals surface area contributed by atoms with E-state index in [9.17, 15) is 0 Å². The van der Waals surface area contributed by atoms with Crippen molar-refractivity contribution in [3.05, 3.63) is 0 Å². The number of ether oxygens (including phenoxy) is 1. The molecule has 2 aliphatic rings. The first-order chi connectivity index (χ1) is 8.08. The monoisotopic (exact) mass is 240 g/mol. The molecule has 1 N–H and O–H groups in total. The van der Waals surface area contributed by atoms with Crippen molar-refractivity contribution >= 4 is 0 Å². The van der Waals surface area contributed by atoms with E-state index >= 15 is 0 Å². The SMILES string of the molecule is CNC1C(N2CCC(OC)CC2)CCC1(C)C. The molecular weight excluding hydrogens is 212 g/mol. The lowest BCUT2D eigenvalue weighted by Gasteiger charge is -2.40. The van der Waals surface area contributed by atoms with E-state index in [1.165, 1.54) is 38.8 Å². The maximum atomic E-state index is 5.45. The van der Waals surface area contributed by atoms with Crippen LogP contribution in [0.1, 0.15) is 39.5 Å². The Hall–Kier alpha value is -0.120. The molecule has 1 aliphatic carbocycles. The van der Waals surface area contributed by atoms with Gasteiger partial charge in [0.2, 0.25) is 0 Å². The van der Waals surface area contributed by atoms with Gasteiger partial charge < -0.3 is 10.1 Å². The van der Waals surface area contributed by atoms with Crippen LogP contribution in [0.4, 0.5) is 0 Å². The molecular formula is C14H28N2O. The standard InChI is InChI=1S/C14H28N2O/c1-14(2)8-5-12(13(14)15-3)16-9-6-11(17-4)7-10-16/h11-13,15H,5-10H2,1-4H3. The quantitative estimate of drug-likeness (QED) is 0.815. The Morgan fingerprint density at radius 3 is 2.35 bits per heavy atom. The van der Waals surface area contributed by atoms with Crippen LogP contribution >= 0.6 is 0 Å². The van der Waals surface area contributed by atoms with Gasteiger partial charge in [0.25, 0.3) is 0 Å². The largest absolute Gasteiger partial charge is 0.381 e. The second-order valence-electron chi connectivity index (χ2n) is 6.33. The minimum absolute atomic E-state index is 0.442. The van der Waals surface area contributed by atoms with Gasteiger partial charge in [0.1, 0.15) is 0 Å². The van der Waals surface area contributed by atoms with Gasteiger partial charge in [-0.2, -0.15) is 0 Å². The van der Waals surface area contributed by atoms with E-state index in [4.69, 9.17) is 4.74 Å². The summed E-state index contributed by atoms with van der Waals surface area (Å²) in [4.78, 5) is 2.69. The van der Waals surface area contributed by atoms with Gasteiger partial charge in [-0.15, -0.1) is 0 Å². The highest BCUT2D eigenvalue weighted by Crippen LogP contribution is 2.40. The van der Waals surface area contributed by atoms with Crippen LogP contribution in [0, 0.1) is 5.41 Å². The summed E-state index contributed by atoms with van der Waals surface area (Å²) in [6.07, 6.45) is 5.57. The Balaban J connectivity index is 1.95. The molecule has 2 rings (SSSR count). The first kappa shape index (κ1) is 13.3. The van der Waals surface area contributed by atoms with Gasteiger partial charge in [-0.3, -0.25) is 4.90 Å². The first-order valence-electron chi connectivity index (χ1n) is 7.02. The molecule has 17 heavy (non-hydrogen) atoms. The number of nitrogens with one attached hydrogen (secondary N) is 1. The average Bonchev–Trinajstić information content (AvgIpc) is 2.64. The fourth-order valence-electron chi connectivity index (χ4n) is 3.78. The van der Waals surface area contributed by atoms with Crippen molar-refractivity contribution in [2.24, 2.45) is 5.41 Å². The van der Waals surface area contributed by atoms with E-state index in [0.717, 1.165) is 6.04 Å². The summed E-state index contributed by atoms with van der Waals surface area (Å²) in [6.45, 7) is 7.21. The van der Waals surface area contributed by atoms with E-state index in [1.807, 2.05) is 7.11 Å². The van der Waals surface area contributed by atoms with Gasteiger partial charge in [-0.25, -0.2) is 0 Å². The summed E-state index contributed by atoms with van der Waals surface area (Å²) < 4.78 is 5.45. The number of methoxy groups -OCH3 is 1. The van der Waals surface area contributed by atoms with E-state index in [0.29, 0.717) is 17.6 Å². The summed E-state index contributed by atoms with van der Waals surface area (Å²) >= 11 is 0. The van der Waals surface area contributed by atoms with Crippen LogP contribution in [0.25, 0.3) is 0 Å². The molecule has 1 aliphatic heterocycles. The summed E-state index contributed by atoms with van der Waals surface area (Å²) in [5.41, 5.74) is 0.442. The summed E-state index contributed by atoms with van der Waals surface area (Å²) in [5, 5.41) is 3.55. The second kappa shape index (κ2) is 5.25. The molecule has 1 heterocycles. The van der Waals surface area contributed by atoms with Crippen molar-refractivity contribution in [2.45, 2.75) is 57.7 Å². The van der Waals surface area contributed by atoms with Crippen LogP contribution in [0.5, 0.6) is 0 Å². The van der Waals surface area contributed by atoms with Crippen LogP contribution < -0.4 is 5.32 Å². The number of likely N-dealkylation sites (N-methyl/N-ethyl adjacent to an activating group) is 1. The lowest BCUT2D eigenvalue weighted by Crippen LogP contribution is -2.53. The Bertz CT molecular complexity index is 247. The normalized spacial score (nSPS) is 35.3. The van der Waals surface area contributed by atoms with E-state index in [1.54, 1.807) is 0 Å². The predicted octanol–water partition coefficient (Wildman–Crippen LogP) is 1.87. The molecule has 2 fully saturated rings. The molecule has 100 valence electrons. The molecule has 3 nitrogen and oxygen atoms in total. The summed E-state index contributed by atoms with van der Waals surface area (Å²) in [6, 6.07) is 1.37. The zero-order valence-electron chi connectivity index (χ0n) is 11.8. The van der Waals surface area contributed by atoms with Crippen LogP contribution in [0.15, 0.2) is 0 Å². The average molecular weight is 240 g/mol. The van der Waals surface area contributed by atoms with Crippen molar-refractivity contribution in [2.75, 3.05) is 27.2 Å². The second-order valence-corrected chi connectivity index (χ2v) is 6.33. The highest BCUT2D eigenvalue weighted by atomic mass is 16.5. The Kier molecular flexibility index (Phi) is 4.11. The molecule has 0 spiro atoms. The third-order valence-electron chi connectivity index (χ3n) is 4.90. The highest BCUT2D eigenvalue weighted by molar-refractivity contribution is 5.01. The third-order valence-corrected chi connectivity index (χ3v) is 4.90. The van der Waals surface area contributed by atoms with Gasteiger partial charge in [0.05, 0.1) is 6.10 Å². The zero-order valence-corrected chi connectivity index (χ0v) is 11.8. The van der Waals surface area contributed by atoms with Crippen molar-refractivity contribution in [3.8, 4) is 0 Å². The maximum Gasteiger partial charge on any atom is 0.0595 e. The molecule has 0 aromatic heterocycles. The van der Waals surface area contributed by atoms with Gasteiger partial charge in [-0.1, -0.05) is 13.8 Å². The lowest BCUT2D eigenvalue weighted by atomic mass is 9.86. The summed E-state index contributed by atoms with van der Waals surface area (Å²) in [7, 11) is 3.96. The van der Waals surface area contributed by atoms with Crippen LogP contribution in [-0.2, 0) is 4.74 Å². The third kappa shape index (κ3) is 2.67. The number of hydrogen-bond donors (Lipinski definition) is 1. The molecule has 0 aromatic rings. The number of hydrogen-bond acceptors (Lipinski definition) is 3. The highest BCUT2D eigenvalue weighted by Gasteiger charge is 2.43. The summed E-state index contributed by atoms with van der Waals surface area (Å²) in [5.74, 6) is 0. The van der Waals surface area contributed by atoms with Crippen molar-refractivity contribution < 1.29 is 4.74 Å². The van der Waals surface area contributed by atoms with Crippen LogP contribution in [0.3, 0.4) is 0 Å². The molecule has 1 saturated heterocycles. The first-order valence-corrected chi connectivity index (χ1v) is 7.02. The van der Waals surface area contributed by atoms with E-state index < -0.39 is 0 Å². The number of rotatable bonds is 3. The molecule has 0 aromatic carbocycles. The number of likely N-dealkylation sites (tertiary alicyclic amines) is 1. The molecule has 2 atom stereocenters. The van der Waals surface area contributed by atoms with Crippen molar-refractivity contribution in [1.29, 1.82) is 0 Å². The van der Waals surface area contributed by atoms with Gasteiger partial charge in [-0.05, 0) is 38.1 Å². The van der Waals surface area contributed by atoms with E-state index in [2.05, 4.69) is 31.1 Å². The topological polar surface area (TPSA) is 24.5 Å². The number of nitrogens with zero attached hydrogens (tertiary/aromatic N) is 1.